The molecular weight excluding hydrogens is 180 g/mol. The van der Waals surface area contributed by atoms with E-state index in [0.29, 0.717) is 18.8 Å². The van der Waals surface area contributed by atoms with Crippen LogP contribution in [0, 0.1) is 6.92 Å². The van der Waals surface area contributed by atoms with Crippen molar-refractivity contribution in [1.82, 2.24) is 4.90 Å². The lowest BCUT2D eigenvalue weighted by atomic mass is 9.93. The summed E-state index contributed by atoms with van der Waals surface area (Å²) in [6.07, 6.45) is 1.53. The summed E-state index contributed by atoms with van der Waals surface area (Å²) in [5, 5.41) is 0. The van der Waals surface area contributed by atoms with E-state index >= 15 is 0 Å². The largest absolute Gasteiger partial charge is 0.459 e. The summed E-state index contributed by atoms with van der Waals surface area (Å²) in [6.45, 7) is 5.00. The molecule has 0 aromatic carbocycles. The Morgan fingerprint density at radius 3 is 2.71 bits per heavy atom. The van der Waals surface area contributed by atoms with Crippen LogP contribution in [0.5, 0.6) is 0 Å². The van der Waals surface area contributed by atoms with Crippen molar-refractivity contribution >= 4 is 5.91 Å². The van der Waals surface area contributed by atoms with Crippen molar-refractivity contribution < 1.29 is 9.21 Å². The maximum absolute atomic E-state index is 11.8. The Balaban J connectivity index is 2.08. The van der Waals surface area contributed by atoms with E-state index in [1.54, 1.807) is 11.0 Å². The molecule has 2 rings (SSSR count). The molecular formula is C10H14N2O2. The van der Waals surface area contributed by atoms with E-state index in [9.17, 15) is 4.79 Å². The van der Waals surface area contributed by atoms with E-state index in [1.807, 2.05) is 13.8 Å². The summed E-state index contributed by atoms with van der Waals surface area (Å²) in [4.78, 5) is 13.5. The normalized spacial score (nSPS) is 19.2. The molecule has 0 unspecified atom stereocenters. The number of rotatable bonds is 1. The summed E-state index contributed by atoms with van der Waals surface area (Å²) in [6, 6.07) is 1.79. The van der Waals surface area contributed by atoms with Crippen LogP contribution in [-0.2, 0) is 0 Å². The standard InChI is InChI=1S/C10H14N2O2/c1-7-3-4-14-8(7)9(13)12-5-10(2,11)6-12/h3-4H,5-6,11H2,1-2H3. The number of carbonyl (C=O) groups is 1. The van der Waals surface area contributed by atoms with Crippen molar-refractivity contribution in [1.29, 1.82) is 0 Å². The zero-order chi connectivity index (χ0) is 10.3. The molecule has 0 bridgehead atoms. The first-order valence-electron chi connectivity index (χ1n) is 4.62. The average Bonchev–Trinajstić information content (AvgIpc) is 2.45. The first-order chi connectivity index (χ1) is 6.49. The first kappa shape index (κ1) is 9.27. The second-order valence-electron chi connectivity index (χ2n) is 4.25. The van der Waals surface area contributed by atoms with Gasteiger partial charge in [-0.1, -0.05) is 0 Å². The van der Waals surface area contributed by atoms with Gasteiger partial charge < -0.3 is 15.1 Å². The number of aryl methyl sites for hydroxylation is 1. The molecule has 0 saturated carbocycles. The smallest absolute Gasteiger partial charge is 0.289 e. The van der Waals surface area contributed by atoms with Crippen molar-refractivity contribution in [2.75, 3.05) is 13.1 Å². The van der Waals surface area contributed by atoms with Crippen LogP contribution in [0.1, 0.15) is 23.0 Å². The van der Waals surface area contributed by atoms with Crippen LogP contribution in [0.2, 0.25) is 0 Å². The molecule has 4 nitrogen and oxygen atoms in total. The molecule has 0 radical (unpaired) electrons. The maximum atomic E-state index is 11.8. The van der Waals surface area contributed by atoms with Crippen molar-refractivity contribution in [2.45, 2.75) is 19.4 Å². The fraction of sp³-hybridized carbons (Fsp3) is 0.500. The minimum Gasteiger partial charge on any atom is -0.459 e. The van der Waals surface area contributed by atoms with Gasteiger partial charge in [0, 0.05) is 24.2 Å². The molecule has 0 spiro atoms. The number of likely N-dealkylation sites (tertiary alicyclic amines) is 1. The monoisotopic (exact) mass is 194 g/mol. The maximum Gasteiger partial charge on any atom is 0.289 e. The zero-order valence-electron chi connectivity index (χ0n) is 8.41. The van der Waals surface area contributed by atoms with Crippen molar-refractivity contribution in [3.8, 4) is 0 Å². The van der Waals surface area contributed by atoms with Crippen LogP contribution in [0.25, 0.3) is 0 Å². The van der Waals surface area contributed by atoms with Gasteiger partial charge in [-0.05, 0) is 19.9 Å². The number of amides is 1. The molecule has 1 aliphatic heterocycles. The molecule has 1 amide bonds. The lowest BCUT2D eigenvalue weighted by Crippen LogP contribution is -2.66. The Bertz CT molecular complexity index is 360. The highest BCUT2D eigenvalue weighted by atomic mass is 16.3. The highest BCUT2D eigenvalue weighted by molar-refractivity contribution is 5.93. The minimum atomic E-state index is -0.226. The van der Waals surface area contributed by atoms with E-state index in [-0.39, 0.29) is 11.4 Å². The average molecular weight is 194 g/mol. The number of furan rings is 1. The molecule has 1 aliphatic rings. The second kappa shape index (κ2) is 2.85. The summed E-state index contributed by atoms with van der Waals surface area (Å²) in [7, 11) is 0. The first-order valence-corrected chi connectivity index (χ1v) is 4.62. The predicted molar refractivity (Wildman–Crippen MR) is 51.9 cm³/mol. The number of hydrogen-bond acceptors (Lipinski definition) is 3. The van der Waals surface area contributed by atoms with Crippen LogP contribution in [-0.4, -0.2) is 29.4 Å². The van der Waals surface area contributed by atoms with E-state index in [0.717, 1.165) is 5.56 Å². The SMILES string of the molecule is Cc1ccoc1C(=O)N1CC(C)(N)C1. The summed E-state index contributed by atoms with van der Waals surface area (Å²) in [5.74, 6) is 0.371. The molecule has 4 heteroatoms. The molecule has 1 fully saturated rings. The van der Waals surface area contributed by atoms with Crippen molar-refractivity contribution in [3.63, 3.8) is 0 Å². The third kappa shape index (κ3) is 1.42. The van der Waals surface area contributed by atoms with Gasteiger partial charge in [-0.15, -0.1) is 0 Å². The molecule has 1 aromatic heterocycles. The highest BCUT2D eigenvalue weighted by Crippen LogP contribution is 2.21. The Morgan fingerprint density at radius 2 is 2.29 bits per heavy atom. The zero-order valence-corrected chi connectivity index (χ0v) is 8.41. The third-order valence-electron chi connectivity index (χ3n) is 2.45. The predicted octanol–water partition coefficient (Wildman–Crippen LogP) is 0.761. The van der Waals surface area contributed by atoms with E-state index in [2.05, 4.69) is 0 Å². The molecule has 76 valence electrons. The Morgan fingerprint density at radius 1 is 1.64 bits per heavy atom. The molecule has 1 aromatic rings. The summed E-state index contributed by atoms with van der Waals surface area (Å²) in [5.41, 5.74) is 6.47. The van der Waals surface area contributed by atoms with Crippen LogP contribution in [0.3, 0.4) is 0 Å². The Kier molecular flexibility index (Phi) is 1.89. The van der Waals surface area contributed by atoms with E-state index < -0.39 is 0 Å². The van der Waals surface area contributed by atoms with Gasteiger partial charge in [0.1, 0.15) is 0 Å². The van der Waals surface area contributed by atoms with Crippen LogP contribution < -0.4 is 5.73 Å². The number of nitrogens with zero attached hydrogens (tertiary/aromatic N) is 1. The number of hydrogen-bond donors (Lipinski definition) is 1. The lowest BCUT2D eigenvalue weighted by molar-refractivity contribution is 0.0421. The molecule has 2 N–H and O–H groups in total. The third-order valence-corrected chi connectivity index (χ3v) is 2.45. The van der Waals surface area contributed by atoms with Gasteiger partial charge in [0.25, 0.3) is 5.91 Å². The lowest BCUT2D eigenvalue weighted by Gasteiger charge is -2.44. The molecule has 0 aliphatic carbocycles. The van der Waals surface area contributed by atoms with Crippen LogP contribution in [0.15, 0.2) is 16.7 Å². The highest BCUT2D eigenvalue weighted by Gasteiger charge is 2.39. The molecule has 2 heterocycles. The topological polar surface area (TPSA) is 59.5 Å². The van der Waals surface area contributed by atoms with Crippen LogP contribution in [0.4, 0.5) is 0 Å². The summed E-state index contributed by atoms with van der Waals surface area (Å²) >= 11 is 0. The van der Waals surface area contributed by atoms with Gasteiger partial charge in [-0.2, -0.15) is 0 Å². The molecule has 0 atom stereocenters. The summed E-state index contributed by atoms with van der Waals surface area (Å²) < 4.78 is 5.12. The minimum absolute atomic E-state index is 0.0598. The molecule has 14 heavy (non-hydrogen) atoms. The van der Waals surface area contributed by atoms with Gasteiger partial charge in [0.15, 0.2) is 5.76 Å². The van der Waals surface area contributed by atoms with Gasteiger partial charge in [-0.3, -0.25) is 4.79 Å². The fourth-order valence-corrected chi connectivity index (χ4v) is 1.70. The Hall–Kier alpha value is -1.29. The fourth-order valence-electron chi connectivity index (χ4n) is 1.70. The number of carbonyl (C=O) groups excluding carboxylic acids is 1. The van der Waals surface area contributed by atoms with Crippen molar-refractivity contribution in [2.24, 2.45) is 5.73 Å². The van der Waals surface area contributed by atoms with Gasteiger partial charge >= 0.3 is 0 Å². The quantitative estimate of drug-likeness (QED) is 0.718. The van der Waals surface area contributed by atoms with E-state index in [1.165, 1.54) is 6.26 Å². The Labute approximate surface area is 82.7 Å². The number of nitrogens with two attached hydrogens (primary N) is 1. The van der Waals surface area contributed by atoms with E-state index in [4.69, 9.17) is 10.2 Å². The van der Waals surface area contributed by atoms with Gasteiger partial charge in [0.05, 0.1) is 6.26 Å². The van der Waals surface area contributed by atoms with Gasteiger partial charge in [-0.25, -0.2) is 0 Å². The van der Waals surface area contributed by atoms with Gasteiger partial charge in [0.2, 0.25) is 0 Å². The van der Waals surface area contributed by atoms with Crippen molar-refractivity contribution in [3.05, 3.63) is 23.7 Å². The van der Waals surface area contributed by atoms with Crippen LogP contribution >= 0.6 is 0 Å². The second-order valence-corrected chi connectivity index (χ2v) is 4.25. The molecule has 1 saturated heterocycles.